The summed E-state index contributed by atoms with van der Waals surface area (Å²) in [7, 11) is 0. The van der Waals surface area contributed by atoms with Crippen molar-refractivity contribution in [2.75, 3.05) is 19.8 Å². The monoisotopic (exact) mass is 274 g/mol. The van der Waals surface area contributed by atoms with Crippen molar-refractivity contribution in [1.29, 1.82) is 0 Å². The number of carboxylic acids is 1. The van der Waals surface area contributed by atoms with Gasteiger partial charge in [-0.15, -0.1) is 0 Å². The van der Waals surface area contributed by atoms with Gasteiger partial charge < -0.3 is 14.6 Å². The molecule has 0 unspecified atom stereocenters. The molecule has 0 bridgehead atoms. The van der Waals surface area contributed by atoms with Gasteiger partial charge in [0.25, 0.3) is 0 Å². The summed E-state index contributed by atoms with van der Waals surface area (Å²) < 4.78 is 37.0. The topological polar surface area (TPSA) is 55.8 Å². The van der Waals surface area contributed by atoms with E-state index in [0.717, 1.165) is 12.1 Å². The molecular weight excluding hydrogens is 258 g/mol. The van der Waals surface area contributed by atoms with Crippen molar-refractivity contribution >= 4 is 5.97 Å². The number of ether oxygens (including phenoxy) is 2. The van der Waals surface area contributed by atoms with Gasteiger partial charge in [0.1, 0.15) is 6.61 Å². The van der Waals surface area contributed by atoms with Crippen LogP contribution in [-0.4, -0.2) is 30.9 Å². The lowest BCUT2D eigenvalue weighted by Crippen LogP contribution is -2.12. The predicted molar refractivity (Wildman–Crippen MR) is 64.5 cm³/mol. The first kappa shape index (κ1) is 15.4. The Balaban J connectivity index is 2.57. The zero-order valence-electron chi connectivity index (χ0n) is 10.8. The first-order chi connectivity index (χ1) is 8.91. The summed E-state index contributed by atoms with van der Waals surface area (Å²) in [5.41, 5.74) is -0.460. The lowest BCUT2D eigenvalue weighted by Gasteiger charge is -2.10. The normalized spacial score (nSPS) is 10.8. The van der Waals surface area contributed by atoms with Crippen molar-refractivity contribution in [3.63, 3.8) is 0 Å². The maximum Gasteiger partial charge on any atom is 0.335 e. The number of carboxylic acid groups (broad SMARTS) is 1. The standard InChI is InChI=1S/C13H16F2O4/c1-8(2)7-18-3-4-19-12-10(14)5-9(13(16)17)6-11(12)15/h5-6,8H,3-4,7H2,1-2H3,(H,16,17). The van der Waals surface area contributed by atoms with Gasteiger partial charge in [-0.1, -0.05) is 13.8 Å². The molecule has 0 aliphatic heterocycles. The highest BCUT2D eigenvalue weighted by Crippen LogP contribution is 2.23. The average molecular weight is 274 g/mol. The van der Waals surface area contributed by atoms with Crippen LogP contribution in [0.4, 0.5) is 8.78 Å². The Kier molecular flexibility index (Phi) is 5.69. The van der Waals surface area contributed by atoms with E-state index in [9.17, 15) is 13.6 Å². The van der Waals surface area contributed by atoms with Crippen molar-refractivity contribution in [2.45, 2.75) is 13.8 Å². The fourth-order valence-corrected chi connectivity index (χ4v) is 1.34. The molecule has 4 nitrogen and oxygen atoms in total. The van der Waals surface area contributed by atoms with Gasteiger partial charge in [-0.2, -0.15) is 0 Å². The zero-order chi connectivity index (χ0) is 14.4. The zero-order valence-corrected chi connectivity index (χ0v) is 10.8. The summed E-state index contributed by atoms with van der Waals surface area (Å²) in [5.74, 6) is -3.70. The molecule has 106 valence electrons. The highest BCUT2D eigenvalue weighted by molar-refractivity contribution is 5.87. The Morgan fingerprint density at radius 3 is 2.32 bits per heavy atom. The van der Waals surface area contributed by atoms with Crippen molar-refractivity contribution < 1.29 is 28.2 Å². The SMILES string of the molecule is CC(C)COCCOc1c(F)cc(C(=O)O)cc1F. The number of carbonyl (C=O) groups is 1. The van der Waals surface area contributed by atoms with Crippen LogP contribution in [0, 0.1) is 17.6 Å². The second-order valence-corrected chi connectivity index (χ2v) is 4.39. The number of benzene rings is 1. The molecular formula is C13H16F2O4. The Morgan fingerprint density at radius 2 is 1.84 bits per heavy atom. The Morgan fingerprint density at radius 1 is 1.26 bits per heavy atom. The highest BCUT2D eigenvalue weighted by Gasteiger charge is 2.15. The molecule has 0 saturated carbocycles. The van der Waals surface area contributed by atoms with E-state index in [2.05, 4.69) is 0 Å². The van der Waals surface area contributed by atoms with Crippen LogP contribution < -0.4 is 4.74 Å². The van der Waals surface area contributed by atoms with Crippen molar-refractivity contribution in [2.24, 2.45) is 5.92 Å². The van der Waals surface area contributed by atoms with Crippen LogP contribution in [0.3, 0.4) is 0 Å². The van der Waals surface area contributed by atoms with Crippen LogP contribution in [0.2, 0.25) is 0 Å². The first-order valence-corrected chi connectivity index (χ1v) is 5.84. The van der Waals surface area contributed by atoms with Crippen LogP contribution in [0.25, 0.3) is 0 Å². The molecule has 1 N–H and O–H groups in total. The van der Waals surface area contributed by atoms with E-state index in [1.165, 1.54) is 0 Å². The third kappa shape index (κ3) is 4.82. The number of hydrogen-bond donors (Lipinski definition) is 1. The lowest BCUT2D eigenvalue weighted by molar-refractivity contribution is 0.0694. The molecule has 1 aromatic carbocycles. The van der Waals surface area contributed by atoms with Gasteiger partial charge >= 0.3 is 5.97 Å². The number of hydrogen-bond acceptors (Lipinski definition) is 3. The Bertz CT molecular complexity index is 423. The smallest absolute Gasteiger partial charge is 0.335 e. The molecule has 0 radical (unpaired) electrons. The minimum absolute atomic E-state index is 0.00697. The number of halogens is 2. The first-order valence-electron chi connectivity index (χ1n) is 5.84. The third-order valence-electron chi connectivity index (χ3n) is 2.17. The van der Waals surface area contributed by atoms with Gasteiger partial charge in [-0.3, -0.25) is 0 Å². The van der Waals surface area contributed by atoms with E-state index >= 15 is 0 Å². The number of rotatable bonds is 7. The summed E-state index contributed by atoms with van der Waals surface area (Å²) in [5, 5.41) is 8.63. The quantitative estimate of drug-likeness (QED) is 0.777. The molecule has 0 aromatic heterocycles. The molecule has 0 fully saturated rings. The molecule has 0 atom stereocenters. The molecule has 0 spiro atoms. The van der Waals surface area contributed by atoms with Crippen LogP contribution in [-0.2, 0) is 4.74 Å². The molecule has 0 amide bonds. The van der Waals surface area contributed by atoms with Crippen LogP contribution in [0.1, 0.15) is 24.2 Å². The van der Waals surface area contributed by atoms with Crippen LogP contribution in [0.5, 0.6) is 5.75 Å². The Hall–Kier alpha value is -1.69. The van der Waals surface area contributed by atoms with E-state index in [-0.39, 0.29) is 13.2 Å². The second-order valence-electron chi connectivity index (χ2n) is 4.39. The molecule has 0 aliphatic rings. The summed E-state index contributed by atoms with van der Waals surface area (Å²) in [6.45, 7) is 4.69. The average Bonchev–Trinajstić information content (AvgIpc) is 2.30. The Labute approximate surface area is 109 Å². The summed E-state index contributed by atoms with van der Waals surface area (Å²) in [6.07, 6.45) is 0. The fraction of sp³-hybridized carbons (Fsp3) is 0.462. The molecule has 1 rings (SSSR count). The van der Waals surface area contributed by atoms with Gasteiger partial charge in [0.15, 0.2) is 17.4 Å². The fourth-order valence-electron chi connectivity index (χ4n) is 1.34. The maximum absolute atomic E-state index is 13.4. The van der Waals surface area contributed by atoms with Crippen LogP contribution in [0.15, 0.2) is 12.1 Å². The molecule has 6 heteroatoms. The van der Waals surface area contributed by atoms with Crippen LogP contribution >= 0.6 is 0 Å². The van der Waals surface area contributed by atoms with E-state index in [1.807, 2.05) is 13.8 Å². The lowest BCUT2D eigenvalue weighted by atomic mass is 10.2. The summed E-state index contributed by atoms with van der Waals surface area (Å²) >= 11 is 0. The second kappa shape index (κ2) is 7.04. The third-order valence-corrected chi connectivity index (χ3v) is 2.17. The minimum atomic E-state index is -1.40. The molecule has 1 aromatic rings. The number of aromatic carboxylic acids is 1. The summed E-state index contributed by atoms with van der Waals surface area (Å²) in [4.78, 5) is 10.6. The molecule has 19 heavy (non-hydrogen) atoms. The maximum atomic E-state index is 13.4. The minimum Gasteiger partial charge on any atom is -0.485 e. The summed E-state index contributed by atoms with van der Waals surface area (Å²) in [6, 6.07) is 1.44. The van der Waals surface area contributed by atoms with E-state index in [1.54, 1.807) is 0 Å². The van der Waals surface area contributed by atoms with E-state index in [4.69, 9.17) is 14.6 Å². The van der Waals surface area contributed by atoms with Gasteiger partial charge in [0, 0.05) is 6.61 Å². The van der Waals surface area contributed by atoms with Crippen molar-refractivity contribution in [3.8, 4) is 5.75 Å². The van der Waals surface area contributed by atoms with E-state index in [0.29, 0.717) is 12.5 Å². The van der Waals surface area contributed by atoms with Gasteiger partial charge in [0.05, 0.1) is 12.2 Å². The molecule has 0 aliphatic carbocycles. The van der Waals surface area contributed by atoms with Crippen molar-refractivity contribution in [3.05, 3.63) is 29.3 Å². The highest BCUT2D eigenvalue weighted by atomic mass is 19.1. The van der Waals surface area contributed by atoms with Gasteiger partial charge in [-0.25, -0.2) is 13.6 Å². The van der Waals surface area contributed by atoms with E-state index < -0.39 is 28.9 Å². The van der Waals surface area contributed by atoms with Crippen molar-refractivity contribution in [1.82, 2.24) is 0 Å². The van der Waals surface area contributed by atoms with Gasteiger partial charge in [-0.05, 0) is 18.1 Å². The molecule has 0 saturated heterocycles. The molecule has 0 heterocycles. The predicted octanol–water partition coefficient (Wildman–Crippen LogP) is 2.71. The largest absolute Gasteiger partial charge is 0.485 e. The van der Waals surface area contributed by atoms with Gasteiger partial charge in [0.2, 0.25) is 0 Å².